The Morgan fingerprint density at radius 1 is 1.40 bits per heavy atom. The number of hydrogen-bond donors (Lipinski definition) is 0. The first-order chi connectivity index (χ1) is 12.1. The average molecular weight is 365 g/mol. The van der Waals surface area contributed by atoms with E-state index in [-0.39, 0.29) is 17.5 Å². The third-order valence-corrected chi connectivity index (χ3v) is 5.25. The third kappa shape index (κ3) is 3.35. The lowest BCUT2D eigenvalue weighted by atomic mass is 9.90. The summed E-state index contributed by atoms with van der Waals surface area (Å²) in [6, 6.07) is 5.83. The van der Waals surface area contributed by atoms with Crippen LogP contribution in [0.4, 0.5) is 4.39 Å². The van der Waals surface area contributed by atoms with E-state index in [0.29, 0.717) is 29.2 Å². The van der Waals surface area contributed by atoms with Crippen LogP contribution in [0.5, 0.6) is 5.75 Å². The molecule has 1 amide bonds. The van der Waals surface area contributed by atoms with E-state index in [1.54, 1.807) is 6.07 Å². The van der Waals surface area contributed by atoms with Crippen LogP contribution in [0.1, 0.15) is 41.9 Å². The van der Waals surface area contributed by atoms with Gasteiger partial charge >= 0.3 is 0 Å². The summed E-state index contributed by atoms with van der Waals surface area (Å²) in [5, 5.41) is 4.07. The van der Waals surface area contributed by atoms with E-state index in [1.165, 1.54) is 31.0 Å². The maximum Gasteiger partial charge on any atom is 0.276 e. The number of nitrogens with zero attached hydrogens (tertiary/aromatic N) is 2. The van der Waals surface area contributed by atoms with Gasteiger partial charge in [0.05, 0.1) is 5.02 Å². The smallest absolute Gasteiger partial charge is 0.276 e. The quantitative estimate of drug-likeness (QED) is 0.820. The number of amides is 1. The molecule has 0 spiro atoms. The monoisotopic (exact) mass is 364 g/mol. The molecular formula is C18H18ClFN2O3. The third-order valence-electron chi connectivity index (χ3n) is 4.95. The first-order valence-electron chi connectivity index (χ1n) is 8.44. The Morgan fingerprint density at radius 3 is 3.08 bits per heavy atom. The molecule has 0 unspecified atom stereocenters. The molecule has 1 aromatic carbocycles. The topological polar surface area (TPSA) is 55.6 Å². The van der Waals surface area contributed by atoms with Crippen LogP contribution in [0, 0.1) is 11.7 Å². The van der Waals surface area contributed by atoms with Gasteiger partial charge in [-0.1, -0.05) is 23.2 Å². The lowest BCUT2D eigenvalue weighted by Crippen LogP contribution is -2.35. The number of ether oxygens (including phenoxy) is 1. The number of carbonyl (C=O) groups is 1. The van der Waals surface area contributed by atoms with Crippen LogP contribution in [-0.2, 0) is 6.61 Å². The van der Waals surface area contributed by atoms with Crippen molar-refractivity contribution >= 4 is 17.5 Å². The summed E-state index contributed by atoms with van der Waals surface area (Å²) < 4.78 is 23.7. The largest absolute Gasteiger partial charge is 0.484 e. The van der Waals surface area contributed by atoms with Gasteiger partial charge in [0.25, 0.3) is 5.91 Å². The Hall–Kier alpha value is -2.08. The van der Waals surface area contributed by atoms with Crippen LogP contribution in [0.15, 0.2) is 28.8 Å². The second-order valence-electron chi connectivity index (χ2n) is 6.69. The Kier molecular flexibility index (Phi) is 4.37. The van der Waals surface area contributed by atoms with Gasteiger partial charge in [-0.2, -0.15) is 0 Å². The lowest BCUT2D eigenvalue weighted by Gasteiger charge is -2.23. The minimum Gasteiger partial charge on any atom is -0.484 e. The van der Waals surface area contributed by atoms with Crippen molar-refractivity contribution in [2.24, 2.45) is 5.92 Å². The van der Waals surface area contributed by atoms with Gasteiger partial charge in [0.1, 0.15) is 18.2 Å². The predicted octanol–water partition coefficient (Wildman–Crippen LogP) is 4.06. The molecule has 1 saturated carbocycles. The van der Waals surface area contributed by atoms with Crippen molar-refractivity contribution < 1.29 is 18.4 Å². The van der Waals surface area contributed by atoms with Crippen molar-refractivity contribution in [2.75, 3.05) is 6.54 Å². The Balaban J connectivity index is 1.41. The highest BCUT2D eigenvalue weighted by atomic mass is 35.5. The van der Waals surface area contributed by atoms with Gasteiger partial charge in [-0.25, -0.2) is 4.39 Å². The van der Waals surface area contributed by atoms with E-state index in [9.17, 15) is 9.18 Å². The highest BCUT2D eigenvalue weighted by molar-refractivity contribution is 6.32. The average Bonchev–Trinajstić information content (AvgIpc) is 3.18. The lowest BCUT2D eigenvalue weighted by molar-refractivity contribution is 0.0722. The zero-order valence-corrected chi connectivity index (χ0v) is 14.3. The van der Waals surface area contributed by atoms with Crippen molar-refractivity contribution in [2.45, 2.75) is 38.3 Å². The molecular weight excluding hydrogens is 347 g/mol. The van der Waals surface area contributed by atoms with Crippen LogP contribution in [0.25, 0.3) is 0 Å². The minimum absolute atomic E-state index is 0.0671. The van der Waals surface area contributed by atoms with Gasteiger partial charge in [0.2, 0.25) is 0 Å². The van der Waals surface area contributed by atoms with E-state index < -0.39 is 5.82 Å². The number of rotatable bonds is 4. The van der Waals surface area contributed by atoms with E-state index in [2.05, 4.69) is 5.16 Å². The number of halogens is 2. The maximum atomic E-state index is 13.0. The molecule has 2 bridgehead atoms. The summed E-state index contributed by atoms with van der Waals surface area (Å²) in [6.07, 6.45) is 4.56. The maximum absolute atomic E-state index is 13.0. The van der Waals surface area contributed by atoms with E-state index in [1.807, 2.05) is 4.90 Å². The van der Waals surface area contributed by atoms with Gasteiger partial charge in [-0.3, -0.25) is 4.79 Å². The van der Waals surface area contributed by atoms with Crippen molar-refractivity contribution in [3.8, 4) is 5.75 Å². The summed E-state index contributed by atoms with van der Waals surface area (Å²) >= 11 is 5.92. The molecule has 1 aromatic heterocycles. The van der Waals surface area contributed by atoms with Crippen molar-refractivity contribution in [3.05, 3.63) is 46.6 Å². The summed E-state index contributed by atoms with van der Waals surface area (Å²) in [5.41, 5.74) is 0.302. The van der Waals surface area contributed by atoms with Crippen molar-refractivity contribution in [3.63, 3.8) is 0 Å². The number of hydrogen-bond acceptors (Lipinski definition) is 4. The van der Waals surface area contributed by atoms with E-state index in [4.69, 9.17) is 20.9 Å². The first kappa shape index (κ1) is 16.4. The Morgan fingerprint density at radius 2 is 2.28 bits per heavy atom. The zero-order valence-electron chi connectivity index (χ0n) is 13.6. The van der Waals surface area contributed by atoms with Crippen LogP contribution in [0.2, 0.25) is 5.02 Å². The van der Waals surface area contributed by atoms with Crippen LogP contribution < -0.4 is 4.74 Å². The highest BCUT2D eigenvalue weighted by Crippen LogP contribution is 2.36. The van der Waals surface area contributed by atoms with Gasteiger partial charge in [0.15, 0.2) is 11.5 Å². The van der Waals surface area contributed by atoms with Gasteiger partial charge < -0.3 is 14.2 Å². The molecule has 2 atom stereocenters. The minimum atomic E-state index is -0.430. The summed E-state index contributed by atoms with van der Waals surface area (Å²) in [5.74, 6) is 0.884. The number of carbonyl (C=O) groups excluding carboxylic acids is 1. The highest BCUT2D eigenvalue weighted by Gasteiger charge is 2.38. The van der Waals surface area contributed by atoms with E-state index in [0.717, 1.165) is 19.4 Å². The van der Waals surface area contributed by atoms with Gasteiger partial charge in [0, 0.05) is 18.7 Å². The molecule has 132 valence electrons. The first-order valence-corrected chi connectivity index (χ1v) is 8.82. The number of fused-ring (bicyclic) bond motifs is 2. The molecule has 7 heteroatoms. The molecule has 1 aliphatic heterocycles. The SMILES string of the molecule is O=C(c1cc(COc2ccc(F)cc2Cl)on1)N1C[C@@H]2CCC[C@H]1C2. The fourth-order valence-electron chi connectivity index (χ4n) is 3.76. The van der Waals surface area contributed by atoms with Crippen LogP contribution in [0.3, 0.4) is 0 Å². The molecule has 1 aliphatic carbocycles. The normalized spacial score (nSPS) is 22.2. The standard InChI is InChI=1S/C18H18ClFN2O3/c19-15-7-12(20)4-5-17(15)24-10-14-8-16(21-25-14)18(23)22-9-11-2-1-3-13(22)6-11/h4-5,7-8,11,13H,1-3,6,9-10H2/t11-,13+/m1/s1. The zero-order chi connectivity index (χ0) is 17.4. The molecule has 2 fully saturated rings. The molecule has 5 nitrogen and oxygen atoms in total. The van der Waals surface area contributed by atoms with Crippen LogP contribution >= 0.6 is 11.6 Å². The van der Waals surface area contributed by atoms with Gasteiger partial charge in [-0.05, 0) is 43.4 Å². The summed E-state index contributed by atoms with van der Waals surface area (Å²) in [7, 11) is 0. The summed E-state index contributed by atoms with van der Waals surface area (Å²) in [4.78, 5) is 14.6. The number of likely N-dealkylation sites (tertiary alicyclic amines) is 1. The Labute approximate surface area is 149 Å². The molecule has 0 N–H and O–H groups in total. The molecule has 2 aromatic rings. The number of benzene rings is 1. The van der Waals surface area contributed by atoms with Crippen molar-refractivity contribution in [1.82, 2.24) is 10.1 Å². The summed E-state index contributed by atoms with van der Waals surface area (Å²) in [6.45, 7) is 0.880. The molecule has 0 radical (unpaired) electrons. The fourth-order valence-corrected chi connectivity index (χ4v) is 3.98. The fraction of sp³-hybridized carbons (Fsp3) is 0.444. The molecule has 2 heterocycles. The van der Waals surface area contributed by atoms with Crippen LogP contribution in [-0.4, -0.2) is 28.6 Å². The van der Waals surface area contributed by atoms with Gasteiger partial charge in [-0.15, -0.1) is 0 Å². The second kappa shape index (κ2) is 6.67. The Bertz CT molecular complexity index is 794. The number of aromatic nitrogens is 1. The molecule has 25 heavy (non-hydrogen) atoms. The van der Waals surface area contributed by atoms with Crippen molar-refractivity contribution in [1.29, 1.82) is 0 Å². The molecule has 1 saturated heterocycles. The predicted molar refractivity (Wildman–Crippen MR) is 89.0 cm³/mol. The van der Waals surface area contributed by atoms with E-state index >= 15 is 0 Å². The molecule has 4 rings (SSSR count). The second-order valence-corrected chi connectivity index (χ2v) is 7.09. The molecule has 2 aliphatic rings.